The average Bonchev–Trinajstić information content (AvgIpc) is 3.06. The maximum atomic E-state index is 11.7. The van der Waals surface area contributed by atoms with Crippen molar-refractivity contribution in [1.29, 1.82) is 0 Å². The molecule has 0 bridgehead atoms. The molecule has 2 saturated heterocycles. The Kier molecular flexibility index (Phi) is 7.78. The first-order valence-electron chi connectivity index (χ1n) is 10.0. The minimum absolute atomic E-state index is 0.00649. The van der Waals surface area contributed by atoms with Crippen LogP contribution in [0.4, 0.5) is 0 Å². The molecule has 2 aliphatic rings. The molecule has 13 nitrogen and oxygen atoms in total. The number of ketones is 1. The highest BCUT2D eigenvalue weighted by Crippen LogP contribution is 2.35. The molecule has 1 aromatic carbocycles. The molecule has 0 saturated carbocycles. The molecule has 0 spiro atoms. The Hall–Kier alpha value is -2.07. The van der Waals surface area contributed by atoms with Crippen molar-refractivity contribution in [2.24, 2.45) is 0 Å². The number of rotatable bonds is 8. The van der Waals surface area contributed by atoms with Gasteiger partial charge in [-0.1, -0.05) is 0 Å². The van der Waals surface area contributed by atoms with Crippen LogP contribution in [0.3, 0.4) is 0 Å². The summed E-state index contributed by atoms with van der Waals surface area (Å²) < 4.78 is 26.5. The fraction of sp³-hybridized carbons (Fsp3) is 0.650. The number of aliphatic hydroxyl groups is 6. The van der Waals surface area contributed by atoms with E-state index in [-0.39, 0.29) is 17.1 Å². The van der Waals surface area contributed by atoms with Gasteiger partial charge >= 0.3 is 0 Å². The molecule has 33 heavy (non-hydrogen) atoms. The summed E-state index contributed by atoms with van der Waals surface area (Å²) in [4.78, 5) is 11.7. The van der Waals surface area contributed by atoms with E-state index in [0.717, 1.165) is 6.07 Å². The Bertz CT molecular complexity index is 847. The number of methoxy groups -OCH3 is 1. The van der Waals surface area contributed by atoms with Crippen molar-refractivity contribution in [2.75, 3.05) is 26.9 Å². The minimum Gasteiger partial charge on any atom is -0.507 e. The molecule has 2 fully saturated rings. The summed E-state index contributed by atoms with van der Waals surface area (Å²) >= 11 is 0. The van der Waals surface area contributed by atoms with E-state index >= 15 is 0 Å². The number of aromatic hydroxyl groups is 1. The lowest BCUT2D eigenvalue weighted by atomic mass is 9.99. The fourth-order valence-corrected chi connectivity index (χ4v) is 3.57. The number of benzene rings is 1. The molecule has 0 amide bonds. The second-order valence-electron chi connectivity index (χ2n) is 7.93. The quantitative estimate of drug-likeness (QED) is 0.190. The largest absolute Gasteiger partial charge is 0.507 e. The van der Waals surface area contributed by atoms with Gasteiger partial charge in [0.05, 0.1) is 26.9 Å². The van der Waals surface area contributed by atoms with Gasteiger partial charge in [0.2, 0.25) is 6.29 Å². The van der Waals surface area contributed by atoms with Crippen LogP contribution in [0.1, 0.15) is 17.3 Å². The molecule has 0 aromatic heterocycles. The summed E-state index contributed by atoms with van der Waals surface area (Å²) in [5, 5.41) is 70.1. The van der Waals surface area contributed by atoms with Gasteiger partial charge in [-0.3, -0.25) is 4.79 Å². The summed E-state index contributed by atoms with van der Waals surface area (Å²) in [6.45, 7) is -0.374. The topological polar surface area (TPSA) is 205 Å². The first-order valence-corrected chi connectivity index (χ1v) is 10.0. The number of hydrogen-bond donors (Lipinski definition) is 7. The highest BCUT2D eigenvalue weighted by atomic mass is 16.7. The van der Waals surface area contributed by atoms with Gasteiger partial charge in [-0.05, 0) is 6.92 Å². The summed E-state index contributed by atoms with van der Waals surface area (Å²) in [7, 11) is 1.28. The maximum Gasteiger partial charge on any atom is 0.229 e. The monoisotopic (exact) mass is 476 g/mol. The van der Waals surface area contributed by atoms with E-state index < -0.39 is 80.1 Å². The number of Topliss-reactive ketones (excluding diaryl/α,β-unsaturated/α-hetero) is 1. The standard InChI is InChI=1S/C20H28O13/c1-8(22)13-10(23)3-9(4-11(13)29-2)32-18-16(26)15(25)14(24)12(33-18)5-30-19-17(27)20(28,6-21)7-31-19/h3-4,12,14-19,21,23-28H,5-7H2,1-2H3/t12-,14-,15+,16-,17+,18-,19-,20-/m1/s1. The predicted octanol–water partition coefficient (Wildman–Crippen LogP) is -2.75. The van der Waals surface area contributed by atoms with Gasteiger partial charge in [0, 0.05) is 12.1 Å². The molecule has 0 aliphatic carbocycles. The lowest BCUT2D eigenvalue weighted by Gasteiger charge is -2.40. The van der Waals surface area contributed by atoms with Gasteiger partial charge in [-0.2, -0.15) is 0 Å². The molecule has 13 heteroatoms. The fourth-order valence-electron chi connectivity index (χ4n) is 3.57. The Morgan fingerprint density at radius 3 is 2.42 bits per heavy atom. The van der Waals surface area contributed by atoms with Crippen molar-refractivity contribution in [3.8, 4) is 17.2 Å². The Balaban J connectivity index is 1.71. The van der Waals surface area contributed by atoms with E-state index in [1.54, 1.807) is 0 Å². The van der Waals surface area contributed by atoms with Gasteiger partial charge in [-0.25, -0.2) is 0 Å². The van der Waals surface area contributed by atoms with E-state index in [9.17, 15) is 40.5 Å². The zero-order chi connectivity index (χ0) is 24.5. The molecule has 186 valence electrons. The first kappa shape index (κ1) is 25.6. The molecule has 2 aliphatic heterocycles. The van der Waals surface area contributed by atoms with Crippen LogP contribution in [0.25, 0.3) is 0 Å². The number of ether oxygens (including phenoxy) is 5. The van der Waals surface area contributed by atoms with Gasteiger partial charge < -0.3 is 59.4 Å². The molecule has 2 heterocycles. The number of carbonyl (C=O) groups excluding carboxylic acids is 1. The van der Waals surface area contributed by atoms with Crippen molar-refractivity contribution in [2.45, 2.75) is 55.6 Å². The van der Waals surface area contributed by atoms with Gasteiger partial charge in [0.25, 0.3) is 0 Å². The molecule has 1 aromatic rings. The SMILES string of the molecule is COc1cc(O[C@@H]2O[C@H](CO[C@@H]3OC[C@](O)(CO)[C@H]3O)[C@@H](O)[C@H](O)[C@H]2O)cc(O)c1C(C)=O. The van der Waals surface area contributed by atoms with Crippen LogP contribution in [0.15, 0.2) is 12.1 Å². The van der Waals surface area contributed by atoms with Gasteiger partial charge in [0.1, 0.15) is 58.9 Å². The smallest absolute Gasteiger partial charge is 0.229 e. The van der Waals surface area contributed by atoms with Crippen LogP contribution in [0.5, 0.6) is 17.2 Å². The average molecular weight is 476 g/mol. The first-order chi connectivity index (χ1) is 15.5. The summed E-state index contributed by atoms with van der Waals surface area (Å²) in [5.41, 5.74) is -1.99. The van der Waals surface area contributed by atoms with Crippen LogP contribution < -0.4 is 9.47 Å². The van der Waals surface area contributed by atoms with E-state index in [1.807, 2.05) is 0 Å². The van der Waals surface area contributed by atoms with Crippen molar-refractivity contribution >= 4 is 5.78 Å². The van der Waals surface area contributed by atoms with Gasteiger partial charge in [-0.15, -0.1) is 0 Å². The third-order valence-electron chi connectivity index (χ3n) is 5.55. The second kappa shape index (κ2) is 10.0. The highest BCUT2D eigenvalue weighted by Gasteiger charge is 2.50. The normalized spacial score (nSPS) is 36.5. The van der Waals surface area contributed by atoms with Gasteiger partial charge in [0.15, 0.2) is 12.1 Å². The molecule has 8 atom stereocenters. The maximum absolute atomic E-state index is 11.7. The van der Waals surface area contributed by atoms with E-state index in [1.165, 1.54) is 20.1 Å². The lowest BCUT2D eigenvalue weighted by molar-refractivity contribution is -0.289. The molecule has 3 rings (SSSR count). The predicted molar refractivity (Wildman–Crippen MR) is 106 cm³/mol. The molecule has 0 unspecified atom stereocenters. The second-order valence-corrected chi connectivity index (χ2v) is 7.93. The zero-order valence-corrected chi connectivity index (χ0v) is 17.9. The summed E-state index contributed by atoms with van der Waals surface area (Å²) in [6.07, 6.45) is -10.8. The van der Waals surface area contributed by atoms with Crippen LogP contribution >= 0.6 is 0 Å². The molecular formula is C20H28O13. The number of phenolic OH excluding ortho intramolecular Hbond substituents is 1. The van der Waals surface area contributed by atoms with E-state index in [0.29, 0.717) is 0 Å². The number of carbonyl (C=O) groups is 1. The van der Waals surface area contributed by atoms with Crippen molar-refractivity contribution in [3.05, 3.63) is 17.7 Å². The minimum atomic E-state index is -1.91. The third kappa shape index (κ3) is 5.06. The van der Waals surface area contributed by atoms with Crippen molar-refractivity contribution < 1.29 is 64.2 Å². The third-order valence-corrected chi connectivity index (χ3v) is 5.55. The zero-order valence-electron chi connectivity index (χ0n) is 17.9. The molecule has 0 radical (unpaired) electrons. The van der Waals surface area contributed by atoms with Crippen molar-refractivity contribution in [1.82, 2.24) is 0 Å². The summed E-state index contributed by atoms with van der Waals surface area (Å²) in [6, 6.07) is 2.37. The number of phenols is 1. The Labute approximate surface area is 188 Å². The Morgan fingerprint density at radius 2 is 1.85 bits per heavy atom. The highest BCUT2D eigenvalue weighted by molar-refractivity contribution is 5.99. The molecule has 7 N–H and O–H groups in total. The van der Waals surface area contributed by atoms with Crippen LogP contribution in [-0.2, 0) is 14.2 Å². The number of aliphatic hydroxyl groups excluding tert-OH is 5. The van der Waals surface area contributed by atoms with Crippen molar-refractivity contribution in [3.63, 3.8) is 0 Å². The van der Waals surface area contributed by atoms with Crippen LogP contribution in [-0.4, -0.2) is 117 Å². The van der Waals surface area contributed by atoms with Crippen LogP contribution in [0.2, 0.25) is 0 Å². The number of hydrogen-bond acceptors (Lipinski definition) is 13. The lowest BCUT2D eigenvalue weighted by Crippen LogP contribution is -2.60. The molecular weight excluding hydrogens is 448 g/mol. The van der Waals surface area contributed by atoms with Crippen LogP contribution in [0, 0.1) is 0 Å². The summed E-state index contributed by atoms with van der Waals surface area (Å²) in [5.74, 6) is -0.951. The van der Waals surface area contributed by atoms with E-state index in [4.69, 9.17) is 23.7 Å². The Morgan fingerprint density at radius 1 is 1.15 bits per heavy atom. The van der Waals surface area contributed by atoms with E-state index in [2.05, 4.69) is 0 Å².